The third-order valence-electron chi connectivity index (χ3n) is 3.18. The molecule has 0 aromatic carbocycles. The van der Waals surface area contributed by atoms with E-state index in [1.165, 1.54) is 6.92 Å². The Morgan fingerprint density at radius 1 is 1.14 bits per heavy atom. The molecule has 0 fully saturated rings. The van der Waals surface area contributed by atoms with Crippen molar-refractivity contribution in [2.24, 2.45) is 11.8 Å². The van der Waals surface area contributed by atoms with Crippen LogP contribution in [0.3, 0.4) is 0 Å². The number of esters is 1. The summed E-state index contributed by atoms with van der Waals surface area (Å²) in [6.07, 6.45) is -0.535. The first-order valence-corrected chi connectivity index (χ1v) is 7.51. The van der Waals surface area contributed by atoms with Crippen molar-refractivity contribution in [3.8, 4) is 0 Å². The van der Waals surface area contributed by atoms with E-state index in [0.29, 0.717) is 6.42 Å². The summed E-state index contributed by atoms with van der Waals surface area (Å²) in [5.74, 6) is -1.47. The molecule has 0 radical (unpaired) electrons. The SMILES string of the molecule is CC[C@@H](C)C[C@@H](CC(=O)O)NC(=O)O[C@@H](OC(C)=O)C(C)C. The lowest BCUT2D eigenvalue weighted by molar-refractivity contribution is -0.172. The molecule has 0 aliphatic carbocycles. The molecule has 0 aromatic heterocycles. The lowest BCUT2D eigenvalue weighted by Crippen LogP contribution is -2.41. The number of hydrogen-bond donors (Lipinski definition) is 2. The molecule has 0 bridgehead atoms. The van der Waals surface area contributed by atoms with Gasteiger partial charge in [0.05, 0.1) is 6.42 Å². The molecule has 0 saturated carbocycles. The van der Waals surface area contributed by atoms with E-state index < -0.39 is 30.4 Å². The van der Waals surface area contributed by atoms with Crippen LogP contribution in [0.1, 0.15) is 53.9 Å². The van der Waals surface area contributed by atoms with E-state index in [4.69, 9.17) is 14.6 Å². The van der Waals surface area contributed by atoms with Gasteiger partial charge in [-0.1, -0.05) is 34.1 Å². The van der Waals surface area contributed by atoms with Crippen LogP contribution >= 0.6 is 0 Å². The quantitative estimate of drug-likeness (QED) is 0.500. The maximum absolute atomic E-state index is 11.9. The fourth-order valence-corrected chi connectivity index (χ4v) is 1.82. The highest BCUT2D eigenvalue weighted by Gasteiger charge is 2.24. The highest BCUT2D eigenvalue weighted by atomic mass is 16.7. The second kappa shape index (κ2) is 10.0. The Morgan fingerprint density at radius 3 is 2.14 bits per heavy atom. The Hall–Kier alpha value is -1.79. The van der Waals surface area contributed by atoms with Gasteiger partial charge in [-0.3, -0.25) is 9.59 Å². The van der Waals surface area contributed by atoms with E-state index >= 15 is 0 Å². The number of alkyl carbamates (subject to hydrolysis) is 1. The summed E-state index contributed by atoms with van der Waals surface area (Å²) < 4.78 is 9.97. The number of nitrogens with one attached hydrogen (secondary N) is 1. The zero-order valence-electron chi connectivity index (χ0n) is 13.9. The van der Waals surface area contributed by atoms with Crippen LogP contribution in [0, 0.1) is 11.8 Å². The summed E-state index contributed by atoms with van der Waals surface area (Å²) >= 11 is 0. The number of carbonyl (C=O) groups excluding carboxylic acids is 2. The minimum Gasteiger partial charge on any atom is -0.481 e. The van der Waals surface area contributed by atoms with Crippen LogP contribution in [0.15, 0.2) is 0 Å². The van der Waals surface area contributed by atoms with Crippen molar-refractivity contribution in [1.29, 1.82) is 0 Å². The normalized spacial score (nSPS) is 14.8. The molecule has 0 spiro atoms. The summed E-state index contributed by atoms with van der Waals surface area (Å²) in [5.41, 5.74) is 0. The molecular formula is C15H27NO6. The predicted molar refractivity (Wildman–Crippen MR) is 80.1 cm³/mol. The van der Waals surface area contributed by atoms with Crippen molar-refractivity contribution in [2.45, 2.75) is 66.2 Å². The Balaban J connectivity index is 4.64. The number of aliphatic carboxylic acids is 1. The lowest BCUT2D eigenvalue weighted by Gasteiger charge is -2.24. The number of ether oxygens (including phenoxy) is 2. The Labute approximate surface area is 131 Å². The highest BCUT2D eigenvalue weighted by molar-refractivity contribution is 5.71. The van der Waals surface area contributed by atoms with Gasteiger partial charge >= 0.3 is 18.0 Å². The zero-order chi connectivity index (χ0) is 17.3. The summed E-state index contributed by atoms with van der Waals surface area (Å²) in [6, 6.07) is -0.523. The Kier molecular flexibility index (Phi) is 9.21. The van der Waals surface area contributed by atoms with Crippen LogP contribution in [-0.2, 0) is 19.1 Å². The summed E-state index contributed by atoms with van der Waals surface area (Å²) in [5, 5.41) is 11.4. The number of carboxylic acid groups (broad SMARTS) is 1. The van der Waals surface area contributed by atoms with Gasteiger partial charge in [-0.2, -0.15) is 0 Å². The summed E-state index contributed by atoms with van der Waals surface area (Å²) in [6.45, 7) is 8.70. The number of carbonyl (C=O) groups is 3. The molecule has 128 valence electrons. The molecule has 7 heteroatoms. The van der Waals surface area contributed by atoms with Crippen molar-refractivity contribution < 1.29 is 29.0 Å². The average molecular weight is 317 g/mol. The number of carboxylic acids is 1. The maximum Gasteiger partial charge on any atom is 0.410 e. The number of hydrogen-bond acceptors (Lipinski definition) is 5. The first-order chi connectivity index (χ1) is 10.1. The van der Waals surface area contributed by atoms with Gasteiger partial charge in [0.25, 0.3) is 6.29 Å². The fraction of sp³-hybridized carbons (Fsp3) is 0.800. The molecule has 7 nitrogen and oxygen atoms in total. The van der Waals surface area contributed by atoms with Gasteiger partial charge in [0.1, 0.15) is 0 Å². The van der Waals surface area contributed by atoms with E-state index in [9.17, 15) is 14.4 Å². The van der Waals surface area contributed by atoms with E-state index in [-0.39, 0.29) is 18.3 Å². The Bertz CT molecular complexity index is 382. The van der Waals surface area contributed by atoms with Gasteiger partial charge < -0.3 is 19.9 Å². The van der Waals surface area contributed by atoms with E-state index in [0.717, 1.165) is 6.42 Å². The molecule has 1 amide bonds. The molecule has 0 heterocycles. The highest BCUT2D eigenvalue weighted by Crippen LogP contribution is 2.14. The molecule has 2 N–H and O–H groups in total. The van der Waals surface area contributed by atoms with E-state index in [2.05, 4.69) is 5.32 Å². The van der Waals surface area contributed by atoms with Crippen molar-refractivity contribution in [1.82, 2.24) is 5.32 Å². The molecule has 22 heavy (non-hydrogen) atoms. The van der Waals surface area contributed by atoms with Gasteiger partial charge in [-0.05, 0) is 12.3 Å². The molecule has 0 aliphatic rings. The van der Waals surface area contributed by atoms with Crippen LogP contribution < -0.4 is 5.32 Å². The van der Waals surface area contributed by atoms with Gasteiger partial charge in [-0.15, -0.1) is 0 Å². The van der Waals surface area contributed by atoms with Crippen molar-refractivity contribution in [3.63, 3.8) is 0 Å². The van der Waals surface area contributed by atoms with Gasteiger partial charge in [0, 0.05) is 18.9 Å². The molecule has 0 saturated heterocycles. The van der Waals surface area contributed by atoms with Gasteiger partial charge in [0.15, 0.2) is 0 Å². The third kappa shape index (κ3) is 9.20. The van der Waals surface area contributed by atoms with Crippen LogP contribution in [0.25, 0.3) is 0 Å². The second-order valence-corrected chi connectivity index (χ2v) is 5.82. The minimum atomic E-state index is -0.994. The van der Waals surface area contributed by atoms with Crippen LogP contribution in [0.4, 0.5) is 4.79 Å². The lowest BCUT2D eigenvalue weighted by atomic mass is 9.97. The zero-order valence-corrected chi connectivity index (χ0v) is 13.9. The minimum absolute atomic E-state index is 0.181. The second-order valence-electron chi connectivity index (χ2n) is 5.82. The topological polar surface area (TPSA) is 102 Å². The van der Waals surface area contributed by atoms with Crippen LogP contribution in [0.2, 0.25) is 0 Å². The average Bonchev–Trinajstić information content (AvgIpc) is 2.35. The molecule has 0 aliphatic heterocycles. The van der Waals surface area contributed by atoms with Crippen molar-refractivity contribution in [3.05, 3.63) is 0 Å². The van der Waals surface area contributed by atoms with Crippen LogP contribution in [-0.4, -0.2) is 35.5 Å². The summed E-state index contributed by atoms with van der Waals surface area (Å²) in [4.78, 5) is 33.7. The maximum atomic E-state index is 11.9. The summed E-state index contributed by atoms with van der Waals surface area (Å²) in [7, 11) is 0. The molecule has 0 aromatic rings. The largest absolute Gasteiger partial charge is 0.481 e. The molecule has 0 unspecified atom stereocenters. The van der Waals surface area contributed by atoms with E-state index in [1.807, 2.05) is 13.8 Å². The van der Waals surface area contributed by atoms with Crippen molar-refractivity contribution in [2.75, 3.05) is 0 Å². The molecule has 3 atom stereocenters. The first kappa shape index (κ1) is 20.2. The first-order valence-electron chi connectivity index (χ1n) is 7.51. The van der Waals surface area contributed by atoms with Crippen LogP contribution in [0.5, 0.6) is 0 Å². The number of rotatable bonds is 9. The van der Waals surface area contributed by atoms with Gasteiger partial charge in [0.2, 0.25) is 0 Å². The molecule has 0 rings (SSSR count). The predicted octanol–water partition coefficient (Wildman–Crippen LogP) is 2.54. The standard InChI is InChI=1S/C15H27NO6/c1-6-10(4)7-12(8-13(18)19)16-15(20)22-14(9(2)3)21-11(5)17/h9-10,12,14H,6-8H2,1-5H3,(H,16,20)(H,18,19)/t10-,12+,14-/m1/s1. The number of amides is 1. The Morgan fingerprint density at radius 2 is 1.73 bits per heavy atom. The monoisotopic (exact) mass is 317 g/mol. The fourth-order valence-electron chi connectivity index (χ4n) is 1.82. The van der Waals surface area contributed by atoms with Crippen molar-refractivity contribution >= 4 is 18.0 Å². The third-order valence-corrected chi connectivity index (χ3v) is 3.18. The molecular weight excluding hydrogens is 290 g/mol. The van der Waals surface area contributed by atoms with Gasteiger partial charge in [-0.25, -0.2) is 4.79 Å². The van der Waals surface area contributed by atoms with E-state index in [1.54, 1.807) is 13.8 Å². The smallest absolute Gasteiger partial charge is 0.410 e.